The highest BCUT2D eigenvalue weighted by atomic mass is 16.2. The van der Waals surface area contributed by atoms with Gasteiger partial charge in [-0.15, -0.1) is 0 Å². The average Bonchev–Trinajstić information content (AvgIpc) is 2.99. The van der Waals surface area contributed by atoms with E-state index < -0.39 is 0 Å². The van der Waals surface area contributed by atoms with Gasteiger partial charge in [-0.25, -0.2) is 0 Å². The zero-order valence-electron chi connectivity index (χ0n) is 12.7. The average molecular weight is 296 g/mol. The van der Waals surface area contributed by atoms with E-state index in [1.54, 1.807) is 10.6 Å². The Morgan fingerprint density at radius 1 is 1.23 bits per heavy atom. The first-order chi connectivity index (χ1) is 10.6. The first-order valence-corrected chi connectivity index (χ1v) is 7.65. The number of carbonyl (C=O) groups excluding carboxylic acids is 1. The molecular formula is C18H20N2O2. The van der Waals surface area contributed by atoms with Gasteiger partial charge in [0.1, 0.15) is 0 Å². The van der Waals surface area contributed by atoms with Crippen LogP contribution in [0.15, 0.2) is 53.5 Å². The Morgan fingerprint density at radius 2 is 2.00 bits per heavy atom. The van der Waals surface area contributed by atoms with E-state index in [1.165, 1.54) is 0 Å². The maximum absolute atomic E-state index is 12.4. The van der Waals surface area contributed by atoms with Crippen molar-refractivity contribution in [2.75, 3.05) is 13.1 Å². The number of rotatable bonds is 3. The molecule has 4 heteroatoms. The van der Waals surface area contributed by atoms with Crippen LogP contribution in [0.25, 0.3) is 0 Å². The summed E-state index contributed by atoms with van der Waals surface area (Å²) in [6, 6.07) is 13.0. The van der Waals surface area contributed by atoms with Gasteiger partial charge in [0.25, 0.3) is 11.5 Å². The summed E-state index contributed by atoms with van der Waals surface area (Å²) in [7, 11) is 0. The molecule has 1 atom stereocenters. The van der Waals surface area contributed by atoms with Crippen LogP contribution in [0.2, 0.25) is 0 Å². The molecule has 1 aliphatic heterocycles. The number of hydrogen-bond donors (Lipinski definition) is 0. The van der Waals surface area contributed by atoms with Gasteiger partial charge in [-0.2, -0.15) is 0 Å². The third kappa shape index (κ3) is 3.11. The number of nitrogens with zero attached hydrogens (tertiary/aromatic N) is 2. The first kappa shape index (κ1) is 14.6. The van der Waals surface area contributed by atoms with E-state index in [2.05, 4.69) is 0 Å². The van der Waals surface area contributed by atoms with E-state index >= 15 is 0 Å². The second-order valence-electron chi connectivity index (χ2n) is 5.97. The van der Waals surface area contributed by atoms with E-state index in [4.69, 9.17) is 0 Å². The molecule has 1 saturated heterocycles. The quantitative estimate of drug-likeness (QED) is 0.872. The monoisotopic (exact) mass is 296 g/mol. The van der Waals surface area contributed by atoms with Crippen LogP contribution >= 0.6 is 0 Å². The number of carbonyl (C=O) groups is 1. The number of aromatic nitrogens is 1. The van der Waals surface area contributed by atoms with Crippen molar-refractivity contribution in [2.45, 2.75) is 19.9 Å². The van der Waals surface area contributed by atoms with Crippen LogP contribution < -0.4 is 5.56 Å². The van der Waals surface area contributed by atoms with E-state index in [-0.39, 0.29) is 11.5 Å². The van der Waals surface area contributed by atoms with Crippen molar-refractivity contribution < 1.29 is 4.79 Å². The summed E-state index contributed by atoms with van der Waals surface area (Å²) in [5.41, 5.74) is 1.75. The molecule has 0 radical (unpaired) electrons. The molecule has 1 aromatic heterocycles. The van der Waals surface area contributed by atoms with Gasteiger partial charge in [0.2, 0.25) is 0 Å². The molecule has 0 aliphatic carbocycles. The van der Waals surface area contributed by atoms with Crippen LogP contribution in [0.3, 0.4) is 0 Å². The maximum atomic E-state index is 12.4. The number of amides is 1. The van der Waals surface area contributed by atoms with Crippen LogP contribution in [-0.4, -0.2) is 28.5 Å². The zero-order chi connectivity index (χ0) is 15.5. The van der Waals surface area contributed by atoms with E-state index in [0.29, 0.717) is 19.0 Å². The van der Waals surface area contributed by atoms with E-state index in [9.17, 15) is 9.59 Å². The molecule has 22 heavy (non-hydrogen) atoms. The number of likely N-dealkylation sites (tertiary alicyclic amines) is 1. The molecule has 0 saturated carbocycles. The van der Waals surface area contributed by atoms with Crippen LogP contribution in [-0.2, 0) is 6.54 Å². The fraction of sp³-hybridized carbons (Fsp3) is 0.333. The fourth-order valence-electron chi connectivity index (χ4n) is 2.97. The largest absolute Gasteiger partial charge is 0.338 e. The molecule has 0 bridgehead atoms. The lowest BCUT2D eigenvalue weighted by molar-refractivity contribution is 0.0786. The molecule has 1 amide bonds. The van der Waals surface area contributed by atoms with Crippen LogP contribution in [0.5, 0.6) is 0 Å². The third-order valence-electron chi connectivity index (χ3n) is 4.20. The topological polar surface area (TPSA) is 42.3 Å². The van der Waals surface area contributed by atoms with Crippen molar-refractivity contribution in [3.05, 3.63) is 70.1 Å². The Hall–Kier alpha value is -2.36. The van der Waals surface area contributed by atoms with Crippen molar-refractivity contribution >= 4 is 5.91 Å². The number of pyridine rings is 1. The Morgan fingerprint density at radius 3 is 2.73 bits per heavy atom. The fourth-order valence-corrected chi connectivity index (χ4v) is 2.97. The van der Waals surface area contributed by atoms with Crippen molar-refractivity contribution in [1.82, 2.24) is 9.47 Å². The highest BCUT2D eigenvalue weighted by molar-refractivity contribution is 5.94. The molecule has 0 unspecified atom stereocenters. The molecular weight excluding hydrogens is 276 g/mol. The molecule has 1 aromatic carbocycles. The summed E-state index contributed by atoms with van der Waals surface area (Å²) in [6.45, 7) is 4.08. The molecule has 3 rings (SSSR count). The minimum Gasteiger partial charge on any atom is -0.338 e. The van der Waals surface area contributed by atoms with Crippen molar-refractivity contribution in [3.63, 3.8) is 0 Å². The van der Waals surface area contributed by atoms with Crippen molar-refractivity contribution in [2.24, 2.45) is 5.92 Å². The minimum absolute atomic E-state index is 0.0350. The summed E-state index contributed by atoms with van der Waals surface area (Å²) < 4.78 is 1.74. The highest BCUT2D eigenvalue weighted by Crippen LogP contribution is 2.20. The molecule has 0 spiro atoms. The molecule has 4 nitrogen and oxygen atoms in total. The van der Waals surface area contributed by atoms with Gasteiger partial charge in [-0.3, -0.25) is 9.59 Å². The summed E-state index contributed by atoms with van der Waals surface area (Å²) in [4.78, 5) is 26.2. The van der Waals surface area contributed by atoms with Crippen molar-refractivity contribution in [3.8, 4) is 0 Å². The van der Waals surface area contributed by atoms with Gasteiger partial charge < -0.3 is 9.47 Å². The van der Waals surface area contributed by atoms with Crippen LogP contribution in [0.4, 0.5) is 0 Å². The lowest BCUT2D eigenvalue weighted by atomic mass is 10.1. The summed E-state index contributed by atoms with van der Waals surface area (Å²) in [5.74, 6) is 0.424. The molecule has 1 fully saturated rings. The normalized spacial score (nSPS) is 17.7. The van der Waals surface area contributed by atoms with Gasteiger partial charge in [-0.1, -0.05) is 18.2 Å². The highest BCUT2D eigenvalue weighted by Gasteiger charge is 2.27. The molecule has 0 N–H and O–H groups in total. The van der Waals surface area contributed by atoms with Crippen LogP contribution in [0, 0.1) is 12.8 Å². The minimum atomic E-state index is 0.0350. The van der Waals surface area contributed by atoms with Crippen molar-refractivity contribution in [1.29, 1.82) is 0 Å². The standard InChI is InChI=1S/C18H20N2O2/c1-14-7-9-19(17(21)11-14)12-15-8-10-20(13-15)18(22)16-5-3-2-4-6-16/h2-7,9,11,15H,8,10,12-13H2,1H3/t15-/m0/s1. The molecule has 1 aliphatic rings. The number of aryl methyl sites for hydroxylation is 1. The first-order valence-electron chi connectivity index (χ1n) is 7.65. The summed E-state index contributed by atoms with van der Waals surface area (Å²) in [6.07, 6.45) is 2.79. The van der Waals surface area contributed by atoms with E-state index in [1.807, 2.05) is 54.4 Å². The Labute approximate surface area is 130 Å². The Bertz CT molecular complexity index is 721. The summed E-state index contributed by atoms with van der Waals surface area (Å²) in [5, 5.41) is 0. The lowest BCUT2D eigenvalue weighted by Crippen LogP contribution is -2.30. The third-order valence-corrected chi connectivity index (χ3v) is 4.20. The predicted octanol–water partition coefficient (Wildman–Crippen LogP) is 2.32. The second kappa shape index (κ2) is 6.18. The Kier molecular flexibility index (Phi) is 4.09. The molecule has 2 aromatic rings. The number of hydrogen-bond acceptors (Lipinski definition) is 2. The smallest absolute Gasteiger partial charge is 0.253 e. The maximum Gasteiger partial charge on any atom is 0.253 e. The van der Waals surface area contributed by atoms with Gasteiger partial charge in [0.05, 0.1) is 0 Å². The zero-order valence-corrected chi connectivity index (χ0v) is 12.7. The van der Waals surface area contributed by atoms with Gasteiger partial charge >= 0.3 is 0 Å². The molecule has 114 valence electrons. The van der Waals surface area contributed by atoms with Gasteiger partial charge in [-0.05, 0) is 43.0 Å². The summed E-state index contributed by atoms with van der Waals surface area (Å²) >= 11 is 0. The van der Waals surface area contributed by atoms with Gasteiger partial charge in [0.15, 0.2) is 0 Å². The Balaban J connectivity index is 1.65. The number of benzene rings is 1. The SMILES string of the molecule is Cc1ccn(C[C@@H]2CCN(C(=O)c3ccccc3)C2)c(=O)c1. The van der Waals surface area contributed by atoms with Crippen LogP contribution in [0.1, 0.15) is 22.3 Å². The lowest BCUT2D eigenvalue weighted by Gasteiger charge is -2.17. The second-order valence-corrected chi connectivity index (χ2v) is 5.97. The van der Waals surface area contributed by atoms with E-state index in [0.717, 1.165) is 24.1 Å². The predicted molar refractivity (Wildman–Crippen MR) is 85.9 cm³/mol. The molecule has 2 heterocycles. The van der Waals surface area contributed by atoms with Gasteiger partial charge in [0, 0.05) is 37.5 Å².